The summed E-state index contributed by atoms with van der Waals surface area (Å²) in [4.78, 5) is 12.0. The average molecular weight is 272 g/mol. The summed E-state index contributed by atoms with van der Waals surface area (Å²) < 4.78 is 0. The zero-order valence-corrected chi connectivity index (χ0v) is 11.3. The zero-order chi connectivity index (χ0) is 13.3. The van der Waals surface area contributed by atoms with Crippen molar-refractivity contribution in [2.24, 2.45) is 5.92 Å². The van der Waals surface area contributed by atoms with Gasteiger partial charge in [0.15, 0.2) is 5.69 Å². The van der Waals surface area contributed by atoms with Gasteiger partial charge >= 0.3 is 0 Å². The molecule has 0 saturated heterocycles. The number of rotatable bonds is 4. The Morgan fingerprint density at radius 3 is 2.78 bits per heavy atom. The molecule has 1 atom stereocenters. The smallest absolute Gasteiger partial charge is 0.273 e. The standard InChI is InChI=1S/C12H18ClN3O2/c1-3-9(7-4-8(17)5-7)14-12(18)11-10(13)6(2)15-16-11/h7-9,17H,3-5H2,1-2H3,(H,14,18)(H,15,16)/t7?,8?,9-/m0/s1. The van der Waals surface area contributed by atoms with Crippen molar-refractivity contribution in [2.45, 2.75) is 45.3 Å². The number of hydrogen-bond acceptors (Lipinski definition) is 3. The van der Waals surface area contributed by atoms with Gasteiger partial charge in [0.25, 0.3) is 5.91 Å². The van der Waals surface area contributed by atoms with E-state index in [1.807, 2.05) is 6.92 Å². The number of aliphatic hydroxyl groups is 1. The molecule has 0 spiro atoms. The van der Waals surface area contributed by atoms with Crippen LogP contribution in [0, 0.1) is 12.8 Å². The van der Waals surface area contributed by atoms with Gasteiger partial charge in [-0.15, -0.1) is 0 Å². The molecule has 0 radical (unpaired) electrons. The van der Waals surface area contributed by atoms with E-state index in [9.17, 15) is 9.90 Å². The minimum atomic E-state index is -0.252. The molecule has 1 aliphatic rings. The minimum Gasteiger partial charge on any atom is -0.393 e. The van der Waals surface area contributed by atoms with Gasteiger partial charge < -0.3 is 10.4 Å². The monoisotopic (exact) mass is 271 g/mol. The number of amides is 1. The molecule has 1 aliphatic carbocycles. The van der Waals surface area contributed by atoms with Crippen molar-refractivity contribution in [1.82, 2.24) is 15.5 Å². The van der Waals surface area contributed by atoms with Gasteiger partial charge in [0.2, 0.25) is 0 Å². The number of carbonyl (C=O) groups excluding carboxylic acids is 1. The molecule has 6 heteroatoms. The molecule has 3 N–H and O–H groups in total. The number of H-pyrrole nitrogens is 1. The molecule has 1 saturated carbocycles. The van der Waals surface area contributed by atoms with Crippen LogP contribution in [0.2, 0.25) is 5.02 Å². The van der Waals surface area contributed by atoms with Crippen molar-refractivity contribution in [3.05, 3.63) is 16.4 Å². The summed E-state index contributed by atoms with van der Waals surface area (Å²) in [6, 6.07) is 0.0778. The van der Waals surface area contributed by atoms with E-state index in [1.54, 1.807) is 6.92 Å². The number of aliphatic hydroxyl groups excluding tert-OH is 1. The number of nitrogens with one attached hydrogen (secondary N) is 2. The summed E-state index contributed by atoms with van der Waals surface area (Å²) in [6.07, 6.45) is 2.14. The third-order valence-electron chi connectivity index (χ3n) is 3.56. The Morgan fingerprint density at radius 2 is 2.33 bits per heavy atom. The predicted octanol–water partition coefficient (Wildman–Crippen LogP) is 1.65. The lowest BCUT2D eigenvalue weighted by Crippen LogP contribution is -2.46. The van der Waals surface area contributed by atoms with Gasteiger partial charge in [-0.25, -0.2) is 0 Å². The van der Waals surface area contributed by atoms with Crippen LogP contribution in [0.4, 0.5) is 0 Å². The van der Waals surface area contributed by atoms with Crippen LogP contribution in [0.5, 0.6) is 0 Å². The fourth-order valence-electron chi connectivity index (χ4n) is 2.31. The van der Waals surface area contributed by atoms with Crippen molar-refractivity contribution in [3.63, 3.8) is 0 Å². The molecule has 1 fully saturated rings. The molecule has 1 aromatic heterocycles. The predicted molar refractivity (Wildman–Crippen MR) is 68.6 cm³/mol. The Balaban J connectivity index is 1.99. The number of hydrogen-bond donors (Lipinski definition) is 3. The molecule has 1 heterocycles. The van der Waals surface area contributed by atoms with Crippen LogP contribution in [0.1, 0.15) is 42.4 Å². The highest BCUT2D eigenvalue weighted by Gasteiger charge is 2.34. The van der Waals surface area contributed by atoms with Crippen LogP contribution >= 0.6 is 11.6 Å². The minimum absolute atomic E-state index is 0.0778. The first-order chi connectivity index (χ1) is 8.52. The summed E-state index contributed by atoms with van der Waals surface area (Å²) in [5.74, 6) is 0.102. The Bertz CT molecular complexity index is 441. The van der Waals surface area contributed by atoms with Crippen LogP contribution in [-0.4, -0.2) is 33.4 Å². The molecule has 0 bridgehead atoms. The largest absolute Gasteiger partial charge is 0.393 e. The number of aromatic nitrogens is 2. The van der Waals surface area contributed by atoms with Gasteiger partial charge in [-0.05, 0) is 32.1 Å². The summed E-state index contributed by atoms with van der Waals surface area (Å²) in [5.41, 5.74) is 0.932. The second-order valence-electron chi connectivity index (χ2n) is 4.88. The average Bonchev–Trinajstić information content (AvgIpc) is 2.63. The van der Waals surface area contributed by atoms with Crippen molar-refractivity contribution in [3.8, 4) is 0 Å². The Labute approximate surface area is 111 Å². The summed E-state index contributed by atoms with van der Waals surface area (Å²) in [7, 11) is 0. The Kier molecular flexibility index (Phi) is 3.92. The van der Waals surface area contributed by atoms with Crippen LogP contribution in [-0.2, 0) is 0 Å². The summed E-state index contributed by atoms with van der Waals surface area (Å²) >= 11 is 5.99. The lowest BCUT2D eigenvalue weighted by atomic mass is 9.76. The van der Waals surface area contributed by atoms with Crippen LogP contribution in [0.3, 0.4) is 0 Å². The van der Waals surface area contributed by atoms with Gasteiger partial charge in [-0.2, -0.15) is 5.10 Å². The lowest BCUT2D eigenvalue weighted by Gasteiger charge is -2.37. The van der Waals surface area contributed by atoms with Crippen molar-refractivity contribution in [2.75, 3.05) is 0 Å². The first kappa shape index (κ1) is 13.4. The zero-order valence-electron chi connectivity index (χ0n) is 10.5. The highest BCUT2D eigenvalue weighted by atomic mass is 35.5. The van der Waals surface area contributed by atoms with E-state index >= 15 is 0 Å². The second-order valence-corrected chi connectivity index (χ2v) is 5.26. The van der Waals surface area contributed by atoms with Gasteiger partial charge in [0, 0.05) is 6.04 Å². The van der Waals surface area contributed by atoms with E-state index in [4.69, 9.17) is 11.6 Å². The number of aryl methyl sites for hydroxylation is 1. The molecule has 1 amide bonds. The van der Waals surface area contributed by atoms with E-state index in [2.05, 4.69) is 15.5 Å². The van der Waals surface area contributed by atoms with Crippen LogP contribution in [0.15, 0.2) is 0 Å². The van der Waals surface area contributed by atoms with Gasteiger partial charge in [-0.3, -0.25) is 9.89 Å². The molecule has 0 aliphatic heterocycles. The first-order valence-electron chi connectivity index (χ1n) is 6.22. The SMILES string of the molecule is CC[C@H](NC(=O)c1n[nH]c(C)c1Cl)C1CC(O)C1. The van der Waals surface area contributed by atoms with E-state index < -0.39 is 0 Å². The fourth-order valence-corrected chi connectivity index (χ4v) is 2.48. The normalized spacial score (nSPS) is 24.4. The summed E-state index contributed by atoms with van der Waals surface area (Å²) in [5, 5.41) is 19.2. The van der Waals surface area contributed by atoms with Crippen LogP contribution < -0.4 is 5.32 Å². The highest BCUT2D eigenvalue weighted by molar-refractivity contribution is 6.34. The van der Waals surface area contributed by atoms with Crippen molar-refractivity contribution < 1.29 is 9.90 Å². The number of aromatic amines is 1. The molecular weight excluding hydrogens is 254 g/mol. The quantitative estimate of drug-likeness (QED) is 0.779. The van der Waals surface area contributed by atoms with E-state index in [0.29, 0.717) is 16.6 Å². The molecular formula is C12H18ClN3O2. The van der Waals surface area contributed by atoms with Gasteiger partial charge in [-0.1, -0.05) is 18.5 Å². The Hall–Kier alpha value is -1.07. The lowest BCUT2D eigenvalue weighted by molar-refractivity contribution is 0.0232. The Morgan fingerprint density at radius 1 is 1.67 bits per heavy atom. The third kappa shape index (κ3) is 2.52. The maximum Gasteiger partial charge on any atom is 0.273 e. The first-order valence-corrected chi connectivity index (χ1v) is 6.60. The molecule has 5 nitrogen and oxygen atoms in total. The van der Waals surface area contributed by atoms with E-state index in [0.717, 1.165) is 19.3 Å². The molecule has 2 rings (SSSR count). The fraction of sp³-hybridized carbons (Fsp3) is 0.667. The molecule has 100 valence electrons. The summed E-state index contributed by atoms with van der Waals surface area (Å²) in [6.45, 7) is 3.79. The van der Waals surface area contributed by atoms with E-state index in [1.165, 1.54) is 0 Å². The topological polar surface area (TPSA) is 78.0 Å². The maximum absolute atomic E-state index is 12.0. The molecule has 0 unspecified atom stereocenters. The van der Waals surface area contributed by atoms with Crippen molar-refractivity contribution in [1.29, 1.82) is 0 Å². The van der Waals surface area contributed by atoms with Gasteiger partial charge in [0.05, 0.1) is 16.8 Å². The number of carbonyl (C=O) groups is 1. The van der Waals surface area contributed by atoms with Crippen LogP contribution in [0.25, 0.3) is 0 Å². The van der Waals surface area contributed by atoms with E-state index in [-0.39, 0.29) is 23.7 Å². The molecule has 18 heavy (non-hydrogen) atoms. The third-order valence-corrected chi connectivity index (χ3v) is 4.03. The number of nitrogens with zero attached hydrogens (tertiary/aromatic N) is 1. The molecule has 0 aromatic carbocycles. The number of halogens is 1. The van der Waals surface area contributed by atoms with Crippen molar-refractivity contribution >= 4 is 17.5 Å². The van der Waals surface area contributed by atoms with Gasteiger partial charge in [0.1, 0.15) is 0 Å². The highest BCUT2D eigenvalue weighted by Crippen LogP contribution is 2.31. The molecule has 1 aromatic rings. The maximum atomic E-state index is 12.0. The second kappa shape index (κ2) is 5.28.